The Morgan fingerprint density at radius 1 is 1.09 bits per heavy atom. The van der Waals surface area contributed by atoms with Crippen molar-refractivity contribution in [3.05, 3.63) is 82.9 Å². The van der Waals surface area contributed by atoms with Crippen LogP contribution in [0.15, 0.2) is 60.7 Å². The molecule has 2 nitrogen and oxygen atoms in total. The van der Waals surface area contributed by atoms with Crippen molar-refractivity contribution < 1.29 is 9.53 Å². The molecule has 3 rings (SSSR count). The Kier molecular flexibility index (Phi) is 4.19. The lowest BCUT2D eigenvalue weighted by Crippen LogP contribution is -2.00. The van der Waals surface area contributed by atoms with Gasteiger partial charge in [0.25, 0.3) is 0 Å². The maximum atomic E-state index is 11.1. The Morgan fingerprint density at radius 2 is 1.86 bits per heavy atom. The van der Waals surface area contributed by atoms with Crippen molar-refractivity contribution >= 4 is 17.6 Å². The molecule has 0 bridgehead atoms. The first kappa shape index (κ1) is 14.3. The van der Waals surface area contributed by atoms with Crippen LogP contribution in [0.1, 0.15) is 28.7 Å². The van der Waals surface area contributed by atoms with E-state index in [9.17, 15) is 4.79 Å². The van der Waals surface area contributed by atoms with E-state index < -0.39 is 0 Å². The summed E-state index contributed by atoms with van der Waals surface area (Å²) in [5, 5.41) is 0. The third kappa shape index (κ3) is 3.01. The summed E-state index contributed by atoms with van der Waals surface area (Å²) in [6.45, 7) is 0. The van der Waals surface area contributed by atoms with Gasteiger partial charge in [-0.2, -0.15) is 0 Å². The molecule has 0 atom stereocenters. The molecule has 2 aromatic carbocycles. The molecule has 0 unspecified atom stereocenters. The zero-order valence-electron chi connectivity index (χ0n) is 12.6. The second kappa shape index (κ2) is 6.44. The number of allylic oxidation sites excluding steroid dienone is 1. The fourth-order valence-electron chi connectivity index (χ4n) is 2.76. The monoisotopic (exact) mass is 290 g/mol. The Morgan fingerprint density at radius 3 is 2.64 bits per heavy atom. The van der Waals surface area contributed by atoms with Gasteiger partial charge in [-0.15, -0.1) is 0 Å². The molecule has 110 valence electrons. The highest BCUT2D eigenvalue weighted by atomic mass is 16.5. The van der Waals surface area contributed by atoms with E-state index in [1.165, 1.54) is 35.4 Å². The van der Waals surface area contributed by atoms with Crippen LogP contribution in [0.5, 0.6) is 0 Å². The first-order chi connectivity index (χ1) is 10.8. The minimum Gasteiger partial charge on any atom is -0.466 e. The zero-order chi connectivity index (χ0) is 15.4. The first-order valence-corrected chi connectivity index (χ1v) is 7.43. The number of rotatable bonds is 3. The van der Waals surface area contributed by atoms with Crippen molar-refractivity contribution in [3.63, 3.8) is 0 Å². The number of hydrogen-bond acceptors (Lipinski definition) is 2. The molecule has 0 radical (unpaired) electrons. The molecule has 0 aromatic heterocycles. The number of benzene rings is 2. The molecular formula is C20H18O2. The van der Waals surface area contributed by atoms with Gasteiger partial charge < -0.3 is 4.74 Å². The molecule has 0 fully saturated rings. The van der Waals surface area contributed by atoms with Crippen molar-refractivity contribution in [2.45, 2.75) is 12.8 Å². The van der Waals surface area contributed by atoms with E-state index >= 15 is 0 Å². The standard InChI is InChI=1S/C20H18O2/c1-22-20(21)14-11-15-9-12-17(13-10-15)19-8-4-6-16-5-2-3-7-18(16)19/h2-3,5,7-14H,4,6H2,1H3/b14-11+. The highest BCUT2D eigenvalue weighted by molar-refractivity contribution is 5.87. The summed E-state index contributed by atoms with van der Waals surface area (Å²) in [4.78, 5) is 11.1. The topological polar surface area (TPSA) is 26.3 Å². The summed E-state index contributed by atoms with van der Waals surface area (Å²) < 4.78 is 4.60. The first-order valence-electron chi connectivity index (χ1n) is 7.43. The van der Waals surface area contributed by atoms with Crippen molar-refractivity contribution in [3.8, 4) is 0 Å². The van der Waals surface area contributed by atoms with Gasteiger partial charge in [-0.3, -0.25) is 0 Å². The minimum absolute atomic E-state index is 0.340. The smallest absolute Gasteiger partial charge is 0.330 e. The van der Waals surface area contributed by atoms with Crippen LogP contribution in [0.4, 0.5) is 0 Å². The predicted octanol–water partition coefficient (Wildman–Crippen LogP) is 4.25. The van der Waals surface area contributed by atoms with Gasteiger partial charge in [0, 0.05) is 6.08 Å². The van der Waals surface area contributed by atoms with E-state index in [0.29, 0.717) is 0 Å². The van der Waals surface area contributed by atoms with Gasteiger partial charge in [-0.25, -0.2) is 4.79 Å². The average Bonchev–Trinajstić information content (AvgIpc) is 2.59. The number of fused-ring (bicyclic) bond motifs is 1. The third-order valence-corrected chi connectivity index (χ3v) is 3.90. The molecule has 2 aromatic rings. The van der Waals surface area contributed by atoms with Gasteiger partial charge in [-0.1, -0.05) is 54.6 Å². The molecule has 0 amide bonds. The van der Waals surface area contributed by atoms with E-state index in [4.69, 9.17) is 0 Å². The Labute approximate surface area is 130 Å². The molecule has 0 N–H and O–H groups in total. The number of carbonyl (C=O) groups excluding carboxylic acids is 1. The van der Waals surface area contributed by atoms with E-state index in [1.807, 2.05) is 12.1 Å². The van der Waals surface area contributed by atoms with Gasteiger partial charge in [0.15, 0.2) is 0 Å². The summed E-state index contributed by atoms with van der Waals surface area (Å²) in [6.07, 6.45) is 7.70. The molecular weight excluding hydrogens is 272 g/mol. The molecule has 0 saturated heterocycles. The highest BCUT2D eigenvalue weighted by Crippen LogP contribution is 2.31. The molecule has 0 aliphatic heterocycles. The van der Waals surface area contributed by atoms with Crippen LogP contribution in [0.2, 0.25) is 0 Å². The van der Waals surface area contributed by atoms with Crippen LogP contribution < -0.4 is 0 Å². The fourth-order valence-corrected chi connectivity index (χ4v) is 2.76. The van der Waals surface area contributed by atoms with Gasteiger partial charge in [0.05, 0.1) is 7.11 Å². The van der Waals surface area contributed by atoms with E-state index in [1.54, 1.807) is 6.08 Å². The predicted molar refractivity (Wildman–Crippen MR) is 89.3 cm³/mol. The lowest BCUT2D eigenvalue weighted by Gasteiger charge is -2.18. The van der Waals surface area contributed by atoms with Crippen molar-refractivity contribution in [2.75, 3.05) is 7.11 Å². The van der Waals surface area contributed by atoms with Crippen molar-refractivity contribution in [1.82, 2.24) is 0 Å². The molecule has 1 aliphatic carbocycles. The van der Waals surface area contributed by atoms with Crippen molar-refractivity contribution in [2.24, 2.45) is 0 Å². The zero-order valence-corrected chi connectivity index (χ0v) is 12.6. The van der Waals surface area contributed by atoms with Crippen LogP contribution in [0.3, 0.4) is 0 Å². The highest BCUT2D eigenvalue weighted by Gasteiger charge is 2.13. The van der Waals surface area contributed by atoms with Gasteiger partial charge >= 0.3 is 5.97 Å². The number of carbonyl (C=O) groups is 1. The lowest BCUT2D eigenvalue weighted by molar-refractivity contribution is -0.134. The normalized spacial score (nSPS) is 13.6. The Hall–Kier alpha value is -2.61. The van der Waals surface area contributed by atoms with Gasteiger partial charge in [-0.05, 0) is 46.7 Å². The van der Waals surface area contributed by atoms with Gasteiger partial charge in [0.1, 0.15) is 0 Å². The average molecular weight is 290 g/mol. The lowest BCUT2D eigenvalue weighted by atomic mass is 9.87. The summed E-state index contributed by atoms with van der Waals surface area (Å²) in [7, 11) is 1.38. The largest absolute Gasteiger partial charge is 0.466 e. The number of methoxy groups -OCH3 is 1. The summed E-state index contributed by atoms with van der Waals surface area (Å²) in [6, 6.07) is 16.8. The molecule has 22 heavy (non-hydrogen) atoms. The van der Waals surface area contributed by atoms with E-state index in [2.05, 4.69) is 47.2 Å². The quantitative estimate of drug-likeness (QED) is 0.624. The summed E-state index contributed by atoms with van der Waals surface area (Å²) in [5.74, 6) is -0.340. The third-order valence-electron chi connectivity index (χ3n) is 3.90. The minimum atomic E-state index is -0.340. The Balaban J connectivity index is 1.86. The fraction of sp³-hybridized carbons (Fsp3) is 0.150. The van der Waals surface area contributed by atoms with Crippen LogP contribution in [-0.4, -0.2) is 13.1 Å². The van der Waals surface area contributed by atoms with Crippen LogP contribution in [-0.2, 0) is 16.0 Å². The SMILES string of the molecule is COC(=O)/C=C/c1ccc(C2=CCCc3ccccc32)cc1. The summed E-state index contributed by atoms with van der Waals surface area (Å²) >= 11 is 0. The molecule has 2 heteroatoms. The van der Waals surface area contributed by atoms with Crippen molar-refractivity contribution in [1.29, 1.82) is 0 Å². The second-order valence-corrected chi connectivity index (χ2v) is 5.29. The maximum Gasteiger partial charge on any atom is 0.330 e. The molecule has 0 saturated carbocycles. The van der Waals surface area contributed by atoms with Crippen LogP contribution in [0, 0.1) is 0 Å². The second-order valence-electron chi connectivity index (χ2n) is 5.29. The maximum absolute atomic E-state index is 11.1. The van der Waals surface area contributed by atoms with E-state index in [-0.39, 0.29) is 5.97 Å². The Bertz CT molecular complexity index is 737. The number of hydrogen-bond donors (Lipinski definition) is 0. The number of esters is 1. The molecule has 1 aliphatic rings. The molecule has 0 heterocycles. The van der Waals surface area contributed by atoms with Crippen LogP contribution in [0.25, 0.3) is 11.6 Å². The van der Waals surface area contributed by atoms with E-state index in [0.717, 1.165) is 18.4 Å². The number of aryl methyl sites for hydroxylation is 1. The number of ether oxygens (including phenoxy) is 1. The molecule has 0 spiro atoms. The van der Waals surface area contributed by atoms with Gasteiger partial charge in [0.2, 0.25) is 0 Å². The summed E-state index contributed by atoms with van der Waals surface area (Å²) in [5.41, 5.74) is 6.23. The van der Waals surface area contributed by atoms with Crippen LogP contribution >= 0.6 is 0 Å².